The fraction of sp³-hybridized carbons (Fsp3) is 0.0952. The molecule has 0 atom stereocenters. The zero-order valence-electron chi connectivity index (χ0n) is 13.1. The van der Waals surface area contributed by atoms with E-state index in [-0.39, 0.29) is 0 Å². The Morgan fingerprint density at radius 2 is 1.57 bits per heavy atom. The lowest BCUT2D eigenvalue weighted by Crippen LogP contribution is -1.88. The Bertz CT molecular complexity index is 1230. The van der Waals surface area contributed by atoms with Crippen LogP contribution < -0.4 is 0 Å². The largest absolute Gasteiger partial charge is 0.353 e. The molecule has 0 saturated heterocycles. The molecule has 0 bridgehead atoms. The monoisotopic (exact) mass is 296 g/mol. The second-order valence-corrected chi connectivity index (χ2v) is 6.31. The molecule has 0 unspecified atom stereocenters. The molecular formula is C21H16N2. The third-order valence-electron chi connectivity index (χ3n) is 4.85. The Hall–Kier alpha value is -2.87. The van der Waals surface area contributed by atoms with E-state index in [9.17, 15) is 0 Å². The molecule has 1 N–H and O–H groups in total. The molecular weight excluding hydrogens is 280 g/mol. The summed E-state index contributed by atoms with van der Waals surface area (Å²) in [5.74, 6) is 0. The van der Waals surface area contributed by atoms with E-state index in [0.717, 1.165) is 16.6 Å². The van der Waals surface area contributed by atoms with Crippen molar-refractivity contribution >= 4 is 43.6 Å². The van der Waals surface area contributed by atoms with Crippen LogP contribution in [0.2, 0.25) is 0 Å². The number of aryl methyl sites for hydroxylation is 2. The Kier molecular flexibility index (Phi) is 2.38. The summed E-state index contributed by atoms with van der Waals surface area (Å²) in [7, 11) is 0. The van der Waals surface area contributed by atoms with E-state index in [0.29, 0.717) is 0 Å². The molecule has 110 valence electrons. The van der Waals surface area contributed by atoms with Crippen LogP contribution in [0.3, 0.4) is 0 Å². The highest BCUT2D eigenvalue weighted by atomic mass is 14.8. The Morgan fingerprint density at radius 3 is 2.48 bits per heavy atom. The molecule has 2 heteroatoms. The quantitative estimate of drug-likeness (QED) is 0.368. The van der Waals surface area contributed by atoms with Crippen LogP contribution in [0.15, 0.2) is 54.6 Å². The summed E-state index contributed by atoms with van der Waals surface area (Å²) < 4.78 is 0. The molecule has 2 heterocycles. The molecule has 0 fully saturated rings. The number of nitrogens with zero attached hydrogens (tertiary/aromatic N) is 1. The second-order valence-electron chi connectivity index (χ2n) is 6.31. The van der Waals surface area contributed by atoms with E-state index in [2.05, 4.69) is 73.4 Å². The van der Waals surface area contributed by atoms with Crippen molar-refractivity contribution in [2.75, 3.05) is 0 Å². The van der Waals surface area contributed by atoms with Crippen molar-refractivity contribution in [3.63, 3.8) is 0 Å². The van der Waals surface area contributed by atoms with Gasteiger partial charge in [0.2, 0.25) is 0 Å². The summed E-state index contributed by atoms with van der Waals surface area (Å²) in [5.41, 5.74) is 7.00. The molecule has 23 heavy (non-hydrogen) atoms. The highest BCUT2D eigenvalue weighted by Gasteiger charge is 2.12. The lowest BCUT2D eigenvalue weighted by Gasteiger charge is -2.07. The van der Waals surface area contributed by atoms with Crippen molar-refractivity contribution in [1.29, 1.82) is 0 Å². The summed E-state index contributed by atoms with van der Waals surface area (Å²) in [6, 6.07) is 19.4. The summed E-state index contributed by atoms with van der Waals surface area (Å²) in [5, 5.41) is 4.96. The summed E-state index contributed by atoms with van der Waals surface area (Å²) in [6.45, 7) is 4.31. The molecule has 0 radical (unpaired) electrons. The molecule has 0 spiro atoms. The fourth-order valence-electron chi connectivity index (χ4n) is 3.65. The van der Waals surface area contributed by atoms with Gasteiger partial charge in [-0.2, -0.15) is 0 Å². The molecule has 0 aliphatic heterocycles. The van der Waals surface area contributed by atoms with E-state index in [1.54, 1.807) is 0 Å². The first-order valence-electron chi connectivity index (χ1n) is 7.92. The predicted octanol–water partition coefficient (Wildman–Crippen LogP) is 5.64. The molecule has 0 amide bonds. The third-order valence-corrected chi connectivity index (χ3v) is 4.85. The minimum atomic E-state index is 1.06. The van der Waals surface area contributed by atoms with Gasteiger partial charge in [-0.25, -0.2) is 4.98 Å². The van der Waals surface area contributed by atoms with Gasteiger partial charge in [0.25, 0.3) is 0 Å². The van der Waals surface area contributed by atoms with Crippen LogP contribution in [0.1, 0.15) is 11.1 Å². The molecule has 5 aromatic rings. The number of hydrogen-bond donors (Lipinski definition) is 1. The average molecular weight is 296 g/mol. The zero-order chi connectivity index (χ0) is 15.6. The summed E-state index contributed by atoms with van der Waals surface area (Å²) in [6.07, 6.45) is 0. The molecule has 5 rings (SSSR count). The SMILES string of the molecule is Cc1ccc2c(c1)[nH]c1c2ccc2c(C)c3ccccc3nc21. The smallest absolute Gasteiger partial charge is 0.0953 e. The van der Waals surface area contributed by atoms with Gasteiger partial charge in [0.1, 0.15) is 0 Å². The zero-order valence-corrected chi connectivity index (χ0v) is 13.1. The highest BCUT2D eigenvalue weighted by molar-refractivity contribution is 6.17. The van der Waals surface area contributed by atoms with Gasteiger partial charge in [0.05, 0.1) is 16.6 Å². The van der Waals surface area contributed by atoms with Crippen LogP contribution in [0.25, 0.3) is 43.6 Å². The molecule has 0 aliphatic rings. The number of benzene rings is 3. The minimum Gasteiger partial charge on any atom is -0.353 e. The maximum absolute atomic E-state index is 4.95. The maximum Gasteiger partial charge on any atom is 0.0953 e. The summed E-state index contributed by atoms with van der Waals surface area (Å²) in [4.78, 5) is 8.54. The van der Waals surface area contributed by atoms with Crippen molar-refractivity contribution in [2.24, 2.45) is 0 Å². The first-order valence-corrected chi connectivity index (χ1v) is 7.92. The Labute approximate surface area is 133 Å². The molecule has 2 aromatic heterocycles. The van der Waals surface area contributed by atoms with Gasteiger partial charge in [0, 0.05) is 27.1 Å². The van der Waals surface area contributed by atoms with E-state index in [4.69, 9.17) is 4.98 Å². The molecule has 0 saturated carbocycles. The van der Waals surface area contributed by atoms with Crippen LogP contribution in [0.4, 0.5) is 0 Å². The fourth-order valence-corrected chi connectivity index (χ4v) is 3.65. The minimum absolute atomic E-state index is 1.06. The van der Waals surface area contributed by atoms with Crippen LogP contribution in [0, 0.1) is 13.8 Å². The van der Waals surface area contributed by atoms with Gasteiger partial charge >= 0.3 is 0 Å². The Balaban J connectivity index is 2.04. The number of H-pyrrole nitrogens is 1. The van der Waals surface area contributed by atoms with Crippen molar-refractivity contribution in [2.45, 2.75) is 13.8 Å². The standard InChI is InChI=1S/C21H16N2/c1-12-7-8-16-17-10-9-15-13(2)14-5-3-4-6-18(14)22-20(15)21(17)23-19(16)11-12/h3-11,23H,1-2H3. The van der Waals surface area contributed by atoms with Gasteiger partial charge < -0.3 is 4.98 Å². The number of pyridine rings is 1. The molecule has 3 aromatic carbocycles. The van der Waals surface area contributed by atoms with Crippen molar-refractivity contribution in [3.8, 4) is 0 Å². The lowest BCUT2D eigenvalue weighted by atomic mass is 10.0. The van der Waals surface area contributed by atoms with Crippen LogP contribution in [-0.2, 0) is 0 Å². The summed E-state index contributed by atoms with van der Waals surface area (Å²) >= 11 is 0. The number of aromatic amines is 1. The van der Waals surface area contributed by atoms with Crippen LogP contribution in [-0.4, -0.2) is 9.97 Å². The van der Waals surface area contributed by atoms with Crippen LogP contribution in [0.5, 0.6) is 0 Å². The highest BCUT2D eigenvalue weighted by Crippen LogP contribution is 2.34. The van der Waals surface area contributed by atoms with Crippen molar-refractivity contribution < 1.29 is 0 Å². The van der Waals surface area contributed by atoms with Crippen molar-refractivity contribution in [1.82, 2.24) is 9.97 Å². The normalized spacial score (nSPS) is 11.9. The second kappa shape index (κ2) is 4.32. The first kappa shape index (κ1) is 12.7. The molecule has 2 nitrogen and oxygen atoms in total. The maximum atomic E-state index is 4.95. The van der Waals surface area contributed by atoms with Crippen LogP contribution >= 0.6 is 0 Å². The van der Waals surface area contributed by atoms with Gasteiger partial charge in [-0.3, -0.25) is 0 Å². The number of para-hydroxylation sites is 1. The number of hydrogen-bond acceptors (Lipinski definition) is 1. The van der Waals surface area contributed by atoms with E-state index in [1.807, 2.05) is 0 Å². The van der Waals surface area contributed by atoms with Gasteiger partial charge in [-0.1, -0.05) is 42.5 Å². The van der Waals surface area contributed by atoms with Gasteiger partial charge in [-0.15, -0.1) is 0 Å². The predicted molar refractivity (Wildman–Crippen MR) is 98.1 cm³/mol. The average Bonchev–Trinajstić information content (AvgIpc) is 2.93. The van der Waals surface area contributed by atoms with E-state index in [1.165, 1.54) is 38.2 Å². The van der Waals surface area contributed by atoms with E-state index >= 15 is 0 Å². The van der Waals surface area contributed by atoms with Gasteiger partial charge in [0.15, 0.2) is 0 Å². The van der Waals surface area contributed by atoms with E-state index < -0.39 is 0 Å². The number of fused-ring (bicyclic) bond motifs is 6. The van der Waals surface area contributed by atoms with Crippen molar-refractivity contribution in [3.05, 3.63) is 65.7 Å². The molecule has 0 aliphatic carbocycles. The number of rotatable bonds is 0. The Morgan fingerprint density at radius 1 is 0.783 bits per heavy atom. The first-order chi connectivity index (χ1) is 11.2. The topological polar surface area (TPSA) is 28.7 Å². The number of nitrogens with one attached hydrogen (secondary N) is 1. The lowest BCUT2D eigenvalue weighted by molar-refractivity contribution is 1.44. The van der Waals surface area contributed by atoms with Gasteiger partial charge in [-0.05, 0) is 37.1 Å². The number of aromatic nitrogens is 2. The third kappa shape index (κ3) is 1.66.